The molecule has 1 fully saturated rings. The Labute approximate surface area is 118 Å². The van der Waals surface area contributed by atoms with Crippen molar-refractivity contribution in [1.82, 2.24) is 9.71 Å². The third kappa shape index (κ3) is 3.27. The van der Waals surface area contributed by atoms with E-state index in [1.807, 2.05) is 0 Å². The molecule has 17 heavy (non-hydrogen) atoms. The van der Waals surface area contributed by atoms with E-state index in [2.05, 4.69) is 41.6 Å². The van der Waals surface area contributed by atoms with E-state index < -0.39 is 10.0 Å². The first kappa shape index (κ1) is 13.5. The Balaban J connectivity index is 2.19. The lowest BCUT2D eigenvalue weighted by atomic mass is 10.3. The molecule has 0 aliphatic heterocycles. The summed E-state index contributed by atoms with van der Waals surface area (Å²) in [5, 5.41) is 0. The van der Waals surface area contributed by atoms with Gasteiger partial charge in [-0.05, 0) is 34.8 Å². The highest BCUT2D eigenvalue weighted by Gasteiger charge is 2.29. The molecule has 1 aromatic rings. The van der Waals surface area contributed by atoms with Gasteiger partial charge in [0.05, 0.1) is 0 Å². The fourth-order valence-corrected chi connectivity index (χ4v) is 4.56. The number of hydrogen-bond donors (Lipinski definition) is 1. The van der Waals surface area contributed by atoms with Crippen LogP contribution in [-0.4, -0.2) is 24.3 Å². The lowest BCUT2D eigenvalue weighted by molar-refractivity contribution is 0.556. The van der Waals surface area contributed by atoms with Crippen LogP contribution >= 0.6 is 31.9 Å². The van der Waals surface area contributed by atoms with Gasteiger partial charge in [0.1, 0.15) is 4.90 Å². The zero-order valence-corrected chi connectivity index (χ0v) is 12.9. The van der Waals surface area contributed by atoms with Gasteiger partial charge in [-0.2, -0.15) is 0 Å². The first-order valence-electron chi connectivity index (χ1n) is 5.26. The van der Waals surface area contributed by atoms with Crippen LogP contribution in [0.5, 0.6) is 0 Å². The minimum absolute atomic E-state index is 0.0287. The molecule has 1 aliphatic carbocycles. The monoisotopic (exact) mass is 382 g/mol. The maximum absolute atomic E-state index is 12.1. The second-order valence-corrected chi connectivity index (χ2v) is 7.82. The average Bonchev–Trinajstić information content (AvgIpc) is 2.64. The number of nitrogens with zero attached hydrogens (tertiary/aromatic N) is 1. The number of hydrogen-bond acceptors (Lipinski definition) is 3. The summed E-state index contributed by atoms with van der Waals surface area (Å²) < 4.78 is 27.6. The number of aromatic nitrogens is 1. The summed E-state index contributed by atoms with van der Waals surface area (Å²) in [5.74, 6) is 0. The van der Waals surface area contributed by atoms with E-state index in [0.717, 1.165) is 19.3 Å². The van der Waals surface area contributed by atoms with Crippen LogP contribution in [0.15, 0.2) is 27.8 Å². The predicted molar refractivity (Wildman–Crippen MR) is 72.6 cm³/mol. The molecule has 0 radical (unpaired) electrons. The molecule has 1 saturated carbocycles. The molecular weight excluding hydrogens is 372 g/mol. The summed E-state index contributed by atoms with van der Waals surface area (Å²) in [6, 6.07) is 1.52. The van der Waals surface area contributed by atoms with E-state index in [-0.39, 0.29) is 15.8 Å². The molecule has 0 saturated heterocycles. The molecule has 94 valence electrons. The van der Waals surface area contributed by atoms with Crippen LogP contribution in [0.3, 0.4) is 0 Å². The van der Waals surface area contributed by atoms with Crippen LogP contribution < -0.4 is 4.72 Å². The number of sulfonamides is 1. The van der Waals surface area contributed by atoms with Crippen LogP contribution in [0, 0.1) is 0 Å². The van der Waals surface area contributed by atoms with E-state index in [0.29, 0.717) is 4.47 Å². The highest BCUT2D eigenvalue weighted by atomic mass is 79.9. The fourth-order valence-electron chi connectivity index (χ4n) is 1.85. The Morgan fingerprint density at radius 1 is 1.35 bits per heavy atom. The van der Waals surface area contributed by atoms with Gasteiger partial charge in [-0.3, -0.25) is 4.98 Å². The Bertz CT molecular complexity index is 507. The van der Waals surface area contributed by atoms with Crippen molar-refractivity contribution in [3.63, 3.8) is 0 Å². The second-order valence-electron chi connectivity index (χ2n) is 4.01. The molecule has 2 atom stereocenters. The quantitative estimate of drug-likeness (QED) is 0.815. The van der Waals surface area contributed by atoms with Crippen molar-refractivity contribution >= 4 is 41.9 Å². The van der Waals surface area contributed by atoms with Gasteiger partial charge in [-0.25, -0.2) is 13.1 Å². The molecule has 0 aromatic carbocycles. The summed E-state index contributed by atoms with van der Waals surface area (Å²) in [6.45, 7) is 0. The predicted octanol–water partition coefficient (Wildman–Crippen LogP) is 2.44. The molecule has 2 rings (SSSR count). The molecular formula is C10H12Br2N2O2S. The minimum Gasteiger partial charge on any atom is -0.262 e. The Morgan fingerprint density at radius 2 is 2.12 bits per heavy atom. The molecule has 0 amide bonds. The molecule has 4 nitrogen and oxygen atoms in total. The lowest BCUT2D eigenvalue weighted by Gasteiger charge is -2.16. The van der Waals surface area contributed by atoms with Crippen LogP contribution in [0.25, 0.3) is 0 Å². The largest absolute Gasteiger partial charge is 0.262 e. The summed E-state index contributed by atoms with van der Waals surface area (Å²) in [7, 11) is -3.47. The number of pyridine rings is 1. The van der Waals surface area contributed by atoms with Crippen molar-refractivity contribution < 1.29 is 8.42 Å². The van der Waals surface area contributed by atoms with E-state index in [4.69, 9.17) is 0 Å². The van der Waals surface area contributed by atoms with Gasteiger partial charge in [-0.15, -0.1) is 0 Å². The third-order valence-electron chi connectivity index (χ3n) is 2.73. The van der Waals surface area contributed by atoms with Gasteiger partial charge in [0.2, 0.25) is 10.0 Å². The second kappa shape index (κ2) is 5.34. The maximum Gasteiger partial charge on any atom is 0.242 e. The van der Waals surface area contributed by atoms with Crippen molar-refractivity contribution in [2.45, 2.75) is 35.0 Å². The topological polar surface area (TPSA) is 59.1 Å². The van der Waals surface area contributed by atoms with Gasteiger partial charge in [0, 0.05) is 27.7 Å². The summed E-state index contributed by atoms with van der Waals surface area (Å²) in [4.78, 5) is 4.28. The zero-order valence-electron chi connectivity index (χ0n) is 8.94. The van der Waals surface area contributed by atoms with E-state index in [1.165, 1.54) is 6.20 Å². The van der Waals surface area contributed by atoms with Gasteiger partial charge in [-0.1, -0.05) is 22.4 Å². The standard InChI is InChI=1S/C10H12Br2N2O2S/c11-7-4-8(6-13-5-7)17(15,16)14-10-3-1-2-9(10)12/h4-6,9-10,14H,1-3H2. The molecule has 0 spiro atoms. The Kier molecular flexibility index (Phi) is 4.22. The molecule has 1 heterocycles. The number of rotatable bonds is 3. The van der Waals surface area contributed by atoms with Gasteiger partial charge >= 0.3 is 0 Å². The Hall–Kier alpha value is 0.0200. The van der Waals surface area contributed by atoms with E-state index in [9.17, 15) is 8.42 Å². The number of halogens is 2. The minimum atomic E-state index is -3.47. The molecule has 1 N–H and O–H groups in total. The number of nitrogens with one attached hydrogen (secondary N) is 1. The van der Waals surface area contributed by atoms with Gasteiger partial charge in [0.25, 0.3) is 0 Å². The zero-order chi connectivity index (χ0) is 12.5. The van der Waals surface area contributed by atoms with Crippen molar-refractivity contribution in [1.29, 1.82) is 0 Å². The van der Waals surface area contributed by atoms with Crippen molar-refractivity contribution in [3.8, 4) is 0 Å². The average molecular weight is 384 g/mol. The van der Waals surface area contributed by atoms with Crippen molar-refractivity contribution in [2.24, 2.45) is 0 Å². The van der Waals surface area contributed by atoms with Crippen molar-refractivity contribution in [3.05, 3.63) is 22.9 Å². The first-order chi connectivity index (χ1) is 7.99. The number of alkyl halides is 1. The van der Waals surface area contributed by atoms with Crippen LogP contribution in [0.2, 0.25) is 0 Å². The van der Waals surface area contributed by atoms with Gasteiger partial charge < -0.3 is 0 Å². The van der Waals surface area contributed by atoms with Crippen LogP contribution in [-0.2, 0) is 10.0 Å². The van der Waals surface area contributed by atoms with Crippen LogP contribution in [0.1, 0.15) is 19.3 Å². The Morgan fingerprint density at radius 3 is 2.71 bits per heavy atom. The van der Waals surface area contributed by atoms with E-state index >= 15 is 0 Å². The highest BCUT2D eigenvalue weighted by Crippen LogP contribution is 2.27. The summed E-state index contributed by atoms with van der Waals surface area (Å²) >= 11 is 6.71. The normalized spacial score (nSPS) is 25.1. The SMILES string of the molecule is O=S(=O)(NC1CCCC1Br)c1cncc(Br)c1. The summed E-state index contributed by atoms with van der Waals surface area (Å²) in [5.41, 5.74) is 0. The molecule has 1 aliphatic rings. The van der Waals surface area contributed by atoms with Crippen molar-refractivity contribution in [2.75, 3.05) is 0 Å². The van der Waals surface area contributed by atoms with E-state index in [1.54, 1.807) is 12.3 Å². The molecule has 1 aromatic heterocycles. The van der Waals surface area contributed by atoms with Gasteiger partial charge in [0.15, 0.2) is 0 Å². The molecule has 0 bridgehead atoms. The molecule has 7 heteroatoms. The molecule has 2 unspecified atom stereocenters. The smallest absolute Gasteiger partial charge is 0.242 e. The first-order valence-corrected chi connectivity index (χ1v) is 8.45. The summed E-state index contributed by atoms with van der Waals surface area (Å²) in [6.07, 6.45) is 5.83. The maximum atomic E-state index is 12.1. The third-order valence-corrected chi connectivity index (χ3v) is 5.71. The lowest BCUT2D eigenvalue weighted by Crippen LogP contribution is -2.37. The van der Waals surface area contributed by atoms with Crippen LogP contribution in [0.4, 0.5) is 0 Å². The fraction of sp³-hybridized carbons (Fsp3) is 0.500. The highest BCUT2D eigenvalue weighted by molar-refractivity contribution is 9.10.